The van der Waals surface area contributed by atoms with E-state index in [2.05, 4.69) is 15.2 Å². The molecule has 2 aromatic heterocycles. The Morgan fingerprint density at radius 2 is 2.00 bits per heavy atom. The summed E-state index contributed by atoms with van der Waals surface area (Å²) in [6, 6.07) is 3.91. The molecule has 3 heterocycles. The van der Waals surface area contributed by atoms with Crippen molar-refractivity contribution in [2.75, 3.05) is 6.54 Å². The molecule has 0 spiro atoms. The number of nitrogens with one attached hydrogen (secondary N) is 1. The largest absolute Gasteiger partial charge is 0.331 e. The molecule has 5 heteroatoms. The fourth-order valence-corrected chi connectivity index (χ4v) is 3.43. The number of carbonyl (C=O) groups is 1. The van der Waals surface area contributed by atoms with Crippen LogP contribution in [0.5, 0.6) is 0 Å². The van der Waals surface area contributed by atoms with Crippen LogP contribution in [-0.2, 0) is 0 Å². The van der Waals surface area contributed by atoms with Crippen molar-refractivity contribution in [2.24, 2.45) is 0 Å². The van der Waals surface area contributed by atoms with Crippen LogP contribution < -0.4 is 0 Å². The molecule has 1 saturated heterocycles. The van der Waals surface area contributed by atoms with Gasteiger partial charge < -0.3 is 4.90 Å². The van der Waals surface area contributed by atoms with Gasteiger partial charge >= 0.3 is 0 Å². The van der Waals surface area contributed by atoms with Gasteiger partial charge in [-0.3, -0.25) is 14.9 Å². The van der Waals surface area contributed by atoms with E-state index in [1.807, 2.05) is 44.7 Å². The van der Waals surface area contributed by atoms with Crippen LogP contribution in [0.1, 0.15) is 57.6 Å². The third-order valence-electron chi connectivity index (χ3n) is 4.49. The lowest BCUT2D eigenvalue weighted by atomic mass is 10.0. The van der Waals surface area contributed by atoms with E-state index in [0.29, 0.717) is 5.56 Å². The molecule has 1 aliphatic heterocycles. The monoisotopic (exact) mass is 298 g/mol. The van der Waals surface area contributed by atoms with Crippen molar-refractivity contribution in [2.45, 2.75) is 46.6 Å². The first-order valence-electron chi connectivity index (χ1n) is 7.75. The van der Waals surface area contributed by atoms with Gasteiger partial charge in [0.1, 0.15) is 0 Å². The fourth-order valence-electron chi connectivity index (χ4n) is 3.43. The number of hydrogen-bond acceptors (Lipinski definition) is 3. The van der Waals surface area contributed by atoms with Crippen molar-refractivity contribution >= 4 is 5.91 Å². The number of aryl methyl sites for hydroxylation is 4. The highest BCUT2D eigenvalue weighted by Gasteiger charge is 2.34. The van der Waals surface area contributed by atoms with Crippen LogP contribution in [0.4, 0.5) is 0 Å². The summed E-state index contributed by atoms with van der Waals surface area (Å²) >= 11 is 0. The molecular formula is C17H22N4O. The number of rotatable bonds is 2. The molecule has 1 amide bonds. The Morgan fingerprint density at radius 3 is 2.64 bits per heavy atom. The van der Waals surface area contributed by atoms with E-state index in [4.69, 9.17) is 0 Å². The summed E-state index contributed by atoms with van der Waals surface area (Å²) < 4.78 is 0. The van der Waals surface area contributed by atoms with E-state index in [0.717, 1.165) is 42.2 Å². The molecule has 2 aromatic rings. The molecule has 0 bridgehead atoms. The summed E-state index contributed by atoms with van der Waals surface area (Å²) in [5, 5.41) is 7.31. The third kappa shape index (κ3) is 2.40. The molecule has 116 valence electrons. The average molecular weight is 298 g/mol. The lowest BCUT2D eigenvalue weighted by Gasteiger charge is -2.26. The standard InChI is InChI=1S/C17H22N4O/c1-10-7-8-14(11(2)18-10)17(22)21-9-5-6-15(21)16-12(3)19-20-13(16)4/h7-8,15H,5-6,9H2,1-4H3,(H,19,20). The fraction of sp³-hybridized carbons (Fsp3) is 0.471. The number of aromatic nitrogens is 3. The molecule has 0 radical (unpaired) electrons. The Morgan fingerprint density at radius 1 is 1.23 bits per heavy atom. The zero-order chi connectivity index (χ0) is 15.9. The molecular weight excluding hydrogens is 276 g/mol. The Bertz CT molecular complexity index is 700. The van der Waals surface area contributed by atoms with E-state index in [1.165, 1.54) is 5.56 Å². The molecule has 0 aromatic carbocycles. The number of hydrogen-bond donors (Lipinski definition) is 1. The summed E-state index contributed by atoms with van der Waals surface area (Å²) in [5.74, 6) is 0.0764. The summed E-state index contributed by atoms with van der Waals surface area (Å²) in [5.41, 5.74) is 5.66. The van der Waals surface area contributed by atoms with E-state index < -0.39 is 0 Å². The van der Waals surface area contributed by atoms with Gasteiger partial charge in [0.15, 0.2) is 0 Å². The highest BCUT2D eigenvalue weighted by molar-refractivity contribution is 5.95. The van der Waals surface area contributed by atoms with Gasteiger partial charge in [0.2, 0.25) is 0 Å². The Kier molecular flexibility index (Phi) is 3.72. The molecule has 1 fully saturated rings. The minimum Gasteiger partial charge on any atom is -0.331 e. The van der Waals surface area contributed by atoms with Gasteiger partial charge in [-0.25, -0.2) is 0 Å². The molecule has 1 N–H and O–H groups in total. The molecule has 3 rings (SSSR count). The van der Waals surface area contributed by atoms with Crippen molar-refractivity contribution < 1.29 is 4.79 Å². The Labute approximate surface area is 130 Å². The van der Waals surface area contributed by atoms with Gasteiger partial charge in [0, 0.05) is 23.5 Å². The van der Waals surface area contributed by atoms with Gasteiger partial charge in [0.05, 0.1) is 23.0 Å². The highest BCUT2D eigenvalue weighted by Crippen LogP contribution is 2.36. The van der Waals surface area contributed by atoms with E-state index in [1.54, 1.807) is 0 Å². The van der Waals surface area contributed by atoms with Crippen LogP contribution >= 0.6 is 0 Å². The molecule has 1 atom stereocenters. The number of likely N-dealkylation sites (tertiary alicyclic amines) is 1. The number of pyridine rings is 1. The molecule has 0 aliphatic carbocycles. The minimum absolute atomic E-state index is 0.0764. The quantitative estimate of drug-likeness (QED) is 0.927. The van der Waals surface area contributed by atoms with E-state index in [-0.39, 0.29) is 11.9 Å². The van der Waals surface area contributed by atoms with Gasteiger partial charge in [-0.2, -0.15) is 5.10 Å². The first kappa shape index (κ1) is 14.8. The topological polar surface area (TPSA) is 61.9 Å². The predicted octanol–water partition coefficient (Wildman–Crippen LogP) is 3.02. The van der Waals surface area contributed by atoms with Crippen molar-refractivity contribution in [1.29, 1.82) is 0 Å². The maximum atomic E-state index is 13.0. The molecule has 1 unspecified atom stereocenters. The normalized spacial score (nSPS) is 18.0. The van der Waals surface area contributed by atoms with Gasteiger partial charge in [-0.05, 0) is 52.7 Å². The van der Waals surface area contributed by atoms with Crippen LogP contribution in [0.15, 0.2) is 12.1 Å². The number of amides is 1. The van der Waals surface area contributed by atoms with E-state index in [9.17, 15) is 4.79 Å². The average Bonchev–Trinajstić information content (AvgIpc) is 3.05. The van der Waals surface area contributed by atoms with Gasteiger partial charge in [0.25, 0.3) is 5.91 Å². The van der Waals surface area contributed by atoms with Crippen molar-refractivity contribution in [3.8, 4) is 0 Å². The highest BCUT2D eigenvalue weighted by atomic mass is 16.2. The van der Waals surface area contributed by atoms with Crippen LogP contribution in [0.25, 0.3) is 0 Å². The second kappa shape index (κ2) is 5.55. The van der Waals surface area contributed by atoms with Gasteiger partial charge in [-0.1, -0.05) is 0 Å². The SMILES string of the molecule is Cc1ccc(C(=O)N2CCCC2c2c(C)n[nH]c2C)c(C)n1. The van der Waals surface area contributed by atoms with Crippen LogP contribution in [0.2, 0.25) is 0 Å². The van der Waals surface area contributed by atoms with Crippen molar-refractivity contribution in [3.05, 3.63) is 46.0 Å². The lowest BCUT2D eigenvalue weighted by Crippen LogP contribution is -2.31. The predicted molar refractivity (Wildman–Crippen MR) is 84.8 cm³/mol. The zero-order valence-electron chi connectivity index (χ0n) is 13.6. The Hall–Kier alpha value is -2.17. The van der Waals surface area contributed by atoms with Crippen LogP contribution in [-0.4, -0.2) is 32.5 Å². The van der Waals surface area contributed by atoms with E-state index >= 15 is 0 Å². The molecule has 0 saturated carbocycles. The molecule has 1 aliphatic rings. The smallest absolute Gasteiger partial charge is 0.256 e. The summed E-state index contributed by atoms with van der Waals surface area (Å²) in [6.45, 7) is 8.66. The number of H-pyrrole nitrogens is 1. The number of carbonyl (C=O) groups excluding carboxylic acids is 1. The summed E-state index contributed by atoms with van der Waals surface area (Å²) in [4.78, 5) is 19.4. The first-order chi connectivity index (χ1) is 10.5. The number of aromatic amines is 1. The van der Waals surface area contributed by atoms with Crippen molar-refractivity contribution in [1.82, 2.24) is 20.1 Å². The summed E-state index contributed by atoms with van der Waals surface area (Å²) in [6.07, 6.45) is 2.02. The lowest BCUT2D eigenvalue weighted by molar-refractivity contribution is 0.0734. The van der Waals surface area contributed by atoms with Crippen molar-refractivity contribution in [3.63, 3.8) is 0 Å². The molecule has 22 heavy (non-hydrogen) atoms. The second-order valence-corrected chi connectivity index (χ2v) is 6.09. The zero-order valence-corrected chi connectivity index (χ0v) is 13.6. The summed E-state index contributed by atoms with van der Waals surface area (Å²) in [7, 11) is 0. The second-order valence-electron chi connectivity index (χ2n) is 6.09. The van der Waals surface area contributed by atoms with Crippen LogP contribution in [0.3, 0.4) is 0 Å². The van der Waals surface area contributed by atoms with Crippen LogP contribution in [0, 0.1) is 27.7 Å². The maximum absolute atomic E-state index is 13.0. The maximum Gasteiger partial charge on any atom is 0.256 e. The minimum atomic E-state index is 0.0764. The Balaban J connectivity index is 1.95. The van der Waals surface area contributed by atoms with Gasteiger partial charge in [-0.15, -0.1) is 0 Å². The first-order valence-corrected chi connectivity index (χ1v) is 7.75. The third-order valence-corrected chi connectivity index (χ3v) is 4.49. The molecule has 5 nitrogen and oxygen atoms in total. The number of nitrogens with zero attached hydrogens (tertiary/aromatic N) is 3.